The summed E-state index contributed by atoms with van der Waals surface area (Å²) in [6, 6.07) is 3.56. The molecule has 0 radical (unpaired) electrons. The van der Waals surface area contributed by atoms with Gasteiger partial charge in [-0.3, -0.25) is 14.5 Å². The molecule has 6 atom stereocenters. The Morgan fingerprint density at radius 3 is 2.21 bits per heavy atom. The molecule has 39 heavy (non-hydrogen) atoms. The summed E-state index contributed by atoms with van der Waals surface area (Å²) in [6.45, 7) is -0.511. The van der Waals surface area contributed by atoms with Crippen LogP contribution in [0, 0.1) is 23.7 Å². The Morgan fingerprint density at radius 1 is 1.03 bits per heavy atom. The van der Waals surface area contributed by atoms with Gasteiger partial charge in [0.15, 0.2) is 5.79 Å². The molecular weight excluding hydrogens is 540 g/mol. The number of methoxy groups -OCH3 is 1. The van der Waals surface area contributed by atoms with E-state index in [0.29, 0.717) is 17.0 Å². The minimum absolute atomic E-state index is 0.0421. The van der Waals surface area contributed by atoms with Crippen molar-refractivity contribution in [3.63, 3.8) is 0 Å². The average molecular weight is 563 g/mol. The average Bonchev–Trinajstić information content (AvgIpc) is 3.53. The number of halogens is 6. The van der Waals surface area contributed by atoms with Gasteiger partial charge in [-0.15, -0.1) is 0 Å². The van der Waals surface area contributed by atoms with Crippen LogP contribution in [0.15, 0.2) is 34.7 Å². The summed E-state index contributed by atoms with van der Waals surface area (Å²) in [6.07, 6.45) is -11.5. The van der Waals surface area contributed by atoms with Crippen LogP contribution in [0.3, 0.4) is 0 Å². The Balaban J connectivity index is 1.56. The Hall–Kier alpha value is -2.94. The third-order valence-corrected chi connectivity index (χ3v) is 7.72. The van der Waals surface area contributed by atoms with Gasteiger partial charge in [-0.2, -0.15) is 26.3 Å². The lowest BCUT2D eigenvalue weighted by Gasteiger charge is -2.44. The zero-order chi connectivity index (χ0) is 28.5. The molecule has 1 aromatic heterocycles. The van der Waals surface area contributed by atoms with Crippen molar-refractivity contribution in [3.8, 4) is 0 Å². The topological polar surface area (TPSA) is 109 Å². The molecule has 2 N–H and O–H groups in total. The molecule has 2 aliphatic heterocycles. The van der Waals surface area contributed by atoms with Gasteiger partial charge >= 0.3 is 12.4 Å². The molecule has 0 unspecified atom stereocenters. The number of fused-ring (bicyclic) bond motifs is 3. The molecular formula is C25H23F6NO7. The normalized spacial score (nSPS) is 31.1. The zero-order valence-corrected chi connectivity index (χ0v) is 20.3. The Kier molecular flexibility index (Phi) is 6.60. The number of ether oxygens (including phenoxy) is 2. The van der Waals surface area contributed by atoms with Gasteiger partial charge in [0.1, 0.15) is 24.2 Å². The molecule has 1 aromatic carbocycles. The molecule has 2 aromatic rings. The van der Waals surface area contributed by atoms with Crippen molar-refractivity contribution < 1.29 is 60.0 Å². The maximum absolute atomic E-state index is 13.6. The lowest BCUT2D eigenvalue weighted by Crippen LogP contribution is -2.54. The number of aliphatic hydroxyl groups is 2. The fourth-order valence-electron chi connectivity index (χ4n) is 6.03. The SMILES string of the molecule is COC[C@H]1C[C@@H]2C(=O)N(c3cc(C(F)(F)F)cc(C(F)(F)F)c3)C(=O)[C@@H]2[C@@H]2C[C@@H](c3ccc(CO)o3)O[C@]12O. The molecule has 1 aliphatic carbocycles. The van der Waals surface area contributed by atoms with Crippen LogP contribution in [-0.4, -0.2) is 41.5 Å². The van der Waals surface area contributed by atoms with Crippen molar-refractivity contribution in [1.82, 2.24) is 0 Å². The summed E-state index contributed by atoms with van der Waals surface area (Å²) in [5.41, 5.74) is -4.20. The van der Waals surface area contributed by atoms with Crippen molar-refractivity contribution in [2.24, 2.45) is 23.7 Å². The fourth-order valence-corrected chi connectivity index (χ4v) is 6.03. The lowest BCUT2D eigenvalue weighted by atomic mass is 9.64. The molecule has 2 amide bonds. The van der Waals surface area contributed by atoms with Crippen LogP contribution in [0.1, 0.15) is 41.6 Å². The molecule has 0 spiro atoms. The molecule has 5 rings (SSSR count). The Morgan fingerprint density at radius 2 is 1.67 bits per heavy atom. The van der Waals surface area contributed by atoms with E-state index in [-0.39, 0.29) is 37.0 Å². The highest BCUT2D eigenvalue weighted by Gasteiger charge is 2.67. The second-order valence-corrected chi connectivity index (χ2v) is 9.96. The van der Waals surface area contributed by atoms with Crippen molar-refractivity contribution in [2.45, 2.75) is 43.7 Å². The lowest BCUT2D eigenvalue weighted by molar-refractivity contribution is -0.276. The zero-order valence-electron chi connectivity index (χ0n) is 20.3. The molecule has 2 saturated heterocycles. The Bertz CT molecular complexity index is 1260. The number of furan rings is 1. The number of rotatable bonds is 5. The number of amides is 2. The highest BCUT2D eigenvalue weighted by atomic mass is 19.4. The van der Waals surface area contributed by atoms with Crippen molar-refractivity contribution in [3.05, 3.63) is 53.0 Å². The van der Waals surface area contributed by atoms with Gasteiger partial charge in [0.25, 0.3) is 0 Å². The third kappa shape index (κ3) is 4.52. The number of benzene rings is 1. The molecule has 14 heteroatoms. The van der Waals surface area contributed by atoms with Crippen LogP contribution in [0.25, 0.3) is 0 Å². The van der Waals surface area contributed by atoms with E-state index >= 15 is 0 Å². The van der Waals surface area contributed by atoms with E-state index in [1.54, 1.807) is 0 Å². The first-order valence-corrected chi connectivity index (χ1v) is 11.9. The second-order valence-electron chi connectivity index (χ2n) is 9.96. The molecule has 0 bridgehead atoms. The Labute approximate surface area is 217 Å². The first-order chi connectivity index (χ1) is 18.2. The molecule has 8 nitrogen and oxygen atoms in total. The molecule has 3 aliphatic rings. The number of aliphatic hydroxyl groups excluding tert-OH is 1. The minimum atomic E-state index is -5.18. The number of imide groups is 1. The van der Waals surface area contributed by atoms with Gasteiger partial charge in [-0.05, 0) is 43.2 Å². The first-order valence-electron chi connectivity index (χ1n) is 11.9. The monoisotopic (exact) mass is 563 g/mol. The van der Waals surface area contributed by atoms with E-state index in [9.17, 15) is 46.1 Å². The summed E-state index contributed by atoms with van der Waals surface area (Å²) in [7, 11) is 1.34. The number of anilines is 1. The largest absolute Gasteiger partial charge is 0.461 e. The molecule has 3 fully saturated rings. The van der Waals surface area contributed by atoms with Crippen molar-refractivity contribution in [2.75, 3.05) is 18.6 Å². The number of alkyl halides is 6. The van der Waals surface area contributed by atoms with E-state index in [2.05, 4.69) is 0 Å². The predicted octanol–water partition coefficient (Wildman–Crippen LogP) is 4.05. The van der Waals surface area contributed by atoms with Gasteiger partial charge in [0, 0.05) is 18.9 Å². The van der Waals surface area contributed by atoms with Crippen molar-refractivity contribution in [1.29, 1.82) is 0 Å². The quantitative estimate of drug-likeness (QED) is 0.418. The van der Waals surface area contributed by atoms with Crippen molar-refractivity contribution >= 4 is 17.5 Å². The summed E-state index contributed by atoms with van der Waals surface area (Å²) >= 11 is 0. The van der Waals surface area contributed by atoms with Gasteiger partial charge < -0.3 is 24.1 Å². The standard InChI is InChI=1S/C25H23F6NO7/c1-37-10-13-7-16-20(17-8-19(39-23(13,17)36)18-3-2-15(9-33)38-18)22(35)32(21(16)34)14-5-11(24(26,27)28)4-12(6-14)25(29,30)31/h2-6,13,16-17,19-20,33,36H,7-10H2,1H3/t13-,16+,17+,19+,20+,23-/m1/s1. The highest BCUT2D eigenvalue weighted by Crippen LogP contribution is 2.59. The fraction of sp³-hybridized carbons (Fsp3) is 0.520. The number of hydrogen-bond donors (Lipinski definition) is 2. The van der Waals surface area contributed by atoms with E-state index in [1.165, 1.54) is 19.2 Å². The van der Waals surface area contributed by atoms with E-state index < -0.39 is 83.2 Å². The third-order valence-electron chi connectivity index (χ3n) is 7.72. The highest BCUT2D eigenvalue weighted by molar-refractivity contribution is 6.22. The predicted molar refractivity (Wildman–Crippen MR) is 117 cm³/mol. The van der Waals surface area contributed by atoms with Gasteiger partial charge in [0.05, 0.1) is 35.3 Å². The van der Waals surface area contributed by atoms with Gasteiger partial charge in [-0.1, -0.05) is 0 Å². The minimum Gasteiger partial charge on any atom is -0.461 e. The van der Waals surface area contributed by atoms with E-state index in [0.717, 1.165) is 0 Å². The smallest absolute Gasteiger partial charge is 0.416 e. The van der Waals surface area contributed by atoms with Gasteiger partial charge in [0.2, 0.25) is 11.8 Å². The summed E-state index contributed by atoms with van der Waals surface area (Å²) < 4.78 is 97.4. The van der Waals surface area contributed by atoms with Crippen LogP contribution >= 0.6 is 0 Å². The number of carbonyl (C=O) groups excluding carboxylic acids is 2. The molecule has 3 heterocycles. The maximum atomic E-state index is 13.6. The van der Waals surface area contributed by atoms with Gasteiger partial charge in [-0.25, -0.2) is 0 Å². The maximum Gasteiger partial charge on any atom is 0.416 e. The van der Waals surface area contributed by atoms with Crippen LogP contribution < -0.4 is 4.90 Å². The van der Waals surface area contributed by atoms with Crippen LogP contribution in [0.4, 0.5) is 32.0 Å². The number of nitrogens with zero attached hydrogens (tertiary/aromatic N) is 1. The van der Waals surface area contributed by atoms with Crippen LogP contribution in [0.5, 0.6) is 0 Å². The molecule has 212 valence electrons. The summed E-state index contributed by atoms with van der Waals surface area (Å²) in [4.78, 5) is 27.4. The van der Waals surface area contributed by atoms with Crippen LogP contribution in [-0.2, 0) is 38.0 Å². The molecule has 1 saturated carbocycles. The second kappa shape index (κ2) is 9.32. The first kappa shape index (κ1) is 27.6. The number of carbonyl (C=O) groups is 2. The summed E-state index contributed by atoms with van der Waals surface area (Å²) in [5, 5.41) is 20.9. The van der Waals surface area contributed by atoms with E-state index in [4.69, 9.17) is 13.9 Å². The summed E-state index contributed by atoms with van der Waals surface area (Å²) in [5.74, 6) is -7.89. The van der Waals surface area contributed by atoms with E-state index in [1.807, 2.05) is 0 Å². The number of hydrogen-bond acceptors (Lipinski definition) is 7. The van der Waals surface area contributed by atoms with Crippen LogP contribution in [0.2, 0.25) is 0 Å².